The highest BCUT2D eigenvalue weighted by Gasteiger charge is 2.33. The van der Waals surface area contributed by atoms with E-state index in [9.17, 15) is 4.79 Å². The van der Waals surface area contributed by atoms with Crippen molar-refractivity contribution in [1.29, 1.82) is 0 Å². The van der Waals surface area contributed by atoms with Gasteiger partial charge in [-0.2, -0.15) is 0 Å². The molecule has 0 saturated carbocycles. The van der Waals surface area contributed by atoms with Crippen LogP contribution in [0.15, 0.2) is 24.3 Å². The lowest BCUT2D eigenvalue weighted by Gasteiger charge is -2.29. The van der Waals surface area contributed by atoms with Gasteiger partial charge in [0, 0.05) is 17.6 Å². The number of piperidine rings is 1. The minimum absolute atomic E-state index is 0.330. The predicted molar refractivity (Wildman–Crippen MR) is 66.9 cm³/mol. The fourth-order valence-electron chi connectivity index (χ4n) is 3.28. The van der Waals surface area contributed by atoms with Crippen LogP contribution in [-0.4, -0.2) is 18.0 Å². The number of amides is 1. The lowest BCUT2D eigenvalue weighted by atomic mass is 9.85. The summed E-state index contributed by atoms with van der Waals surface area (Å²) >= 11 is 0. The number of carbonyl (C=O) groups excluding carboxylic acids is 1. The van der Waals surface area contributed by atoms with Crippen LogP contribution < -0.4 is 11.1 Å². The molecule has 2 heterocycles. The van der Waals surface area contributed by atoms with E-state index < -0.39 is 0 Å². The molecule has 0 aromatic heterocycles. The van der Waals surface area contributed by atoms with E-state index in [0.29, 0.717) is 23.6 Å². The standard InChI is InChI=1S/C14H18N2O/c15-14(17)10-3-1-2-9(6-10)11-7-12-4-5-13(8-11)16-12/h1-3,6,11-13,16H,4-5,7-8H2,(H2,15,17). The summed E-state index contributed by atoms with van der Waals surface area (Å²) in [6.45, 7) is 0. The summed E-state index contributed by atoms with van der Waals surface area (Å²) < 4.78 is 0. The highest BCUT2D eigenvalue weighted by Crippen LogP contribution is 2.37. The van der Waals surface area contributed by atoms with Crippen LogP contribution in [0.1, 0.15) is 47.5 Å². The summed E-state index contributed by atoms with van der Waals surface area (Å²) in [7, 11) is 0. The zero-order valence-electron chi connectivity index (χ0n) is 9.86. The Balaban J connectivity index is 1.84. The van der Waals surface area contributed by atoms with Crippen LogP contribution in [0.2, 0.25) is 0 Å². The van der Waals surface area contributed by atoms with E-state index in [2.05, 4.69) is 11.4 Å². The van der Waals surface area contributed by atoms with Crippen molar-refractivity contribution in [2.45, 2.75) is 43.7 Å². The first-order chi connectivity index (χ1) is 8.22. The van der Waals surface area contributed by atoms with E-state index in [4.69, 9.17) is 5.73 Å². The Labute approximate surface area is 101 Å². The van der Waals surface area contributed by atoms with E-state index in [1.807, 2.05) is 12.1 Å². The van der Waals surface area contributed by atoms with Crippen LogP contribution in [0.4, 0.5) is 0 Å². The Morgan fingerprint density at radius 2 is 1.94 bits per heavy atom. The lowest BCUT2D eigenvalue weighted by molar-refractivity contribution is 0.1000. The van der Waals surface area contributed by atoms with Gasteiger partial charge in [-0.05, 0) is 49.3 Å². The van der Waals surface area contributed by atoms with Gasteiger partial charge in [0.05, 0.1) is 0 Å². The zero-order valence-corrected chi connectivity index (χ0v) is 9.86. The molecular formula is C14H18N2O. The summed E-state index contributed by atoms with van der Waals surface area (Å²) in [6, 6.07) is 9.19. The Morgan fingerprint density at radius 3 is 2.59 bits per heavy atom. The summed E-state index contributed by atoms with van der Waals surface area (Å²) in [5.41, 5.74) is 7.24. The number of fused-ring (bicyclic) bond motifs is 2. The molecular weight excluding hydrogens is 212 g/mol. The maximum Gasteiger partial charge on any atom is 0.248 e. The summed E-state index contributed by atoms with van der Waals surface area (Å²) in [5.74, 6) is 0.261. The third-order valence-corrected chi connectivity index (χ3v) is 4.12. The van der Waals surface area contributed by atoms with E-state index in [0.717, 1.165) is 0 Å². The predicted octanol–water partition coefficient (Wildman–Crippen LogP) is 1.78. The molecule has 2 aliphatic heterocycles. The third-order valence-electron chi connectivity index (χ3n) is 4.12. The molecule has 0 spiro atoms. The number of hydrogen-bond acceptors (Lipinski definition) is 2. The normalized spacial score (nSPS) is 31.4. The van der Waals surface area contributed by atoms with Crippen LogP contribution in [0.5, 0.6) is 0 Å². The van der Waals surface area contributed by atoms with Crippen molar-refractivity contribution >= 4 is 5.91 Å². The van der Waals surface area contributed by atoms with Crippen molar-refractivity contribution in [2.24, 2.45) is 5.73 Å². The van der Waals surface area contributed by atoms with Crippen LogP contribution in [-0.2, 0) is 0 Å². The first-order valence-electron chi connectivity index (χ1n) is 6.38. The van der Waals surface area contributed by atoms with Gasteiger partial charge in [-0.3, -0.25) is 4.79 Å². The minimum Gasteiger partial charge on any atom is -0.366 e. The average Bonchev–Trinajstić information content (AvgIpc) is 2.68. The Kier molecular flexibility index (Phi) is 2.63. The second-order valence-electron chi connectivity index (χ2n) is 5.30. The number of nitrogens with one attached hydrogen (secondary N) is 1. The fourth-order valence-corrected chi connectivity index (χ4v) is 3.28. The fraction of sp³-hybridized carbons (Fsp3) is 0.500. The van der Waals surface area contributed by atoms with Gasteiger partial charge in [0.1, 0.15) is 0 Å². The number of carbonyl (C=O) groups is 1. The second kappa shape index (κ2) is 4.15. The molecule has 90 valence electrons. The summed E-state index contributed by atoms with van der Waals surface area (Å²) in [4.78, 5) is 11.2. The molecule has 2 atom stereocenters. The molecule has 2 fully saturated rings. The van der Waals surface area contributed by atoms with Gasteiger partial charge in [0.15, 0.2) is 0 Å². The molecule has 1 amide bonds. The largest absolute Gasteiger partial charge is 0.366 e. The molecule has 17 heavy (non-hydrogen) atoms. The van der Waals surface area contributed by atoms with Crippen molar-refractivity contribution in [3.05, 3.63) is 35.4 Å². The topological polar surface area (TPSA) is 55.1 Å². The summed E-state index contributed by atoms with van der Waals surface area (Å²) in [5, 5.41) is 3.64. The number of primary amides is 1. The third kappa shape index (κ3) is 2.07. The van der Waals surface area contributed by atoms with E-state index in [1.54, 1.807) is 6.07 Å². The maximum atomic E-state index is 11.2. The van der Waals surface area contributed by atoms with Crippen molar-refractivity contribution in [3.63, 3.8) is 0 Å². The van der Waals surface area contributed by atoms with Gasteiger partial charge in [-0.1, -0.05) is 12.1 Å². The molecule has 3 nitrogen and oxygen atoms in total. The van der Waals surface area contributed by atoms with Crippen molar-refractivity contribution in [3.8, 4) is 0 Å². The lowest BCUT2D eigenvalue weighted by Crippen LogP contribution is -2.37. The van der Waals surface area contributed by atoms with Crippen molar-refractivity contribution in [2.75, 3.05) is 0 Å². The second-order valence-corrected chi connectivity index (χ2v) is 5.30. The minimum atomic E-state index is -0.330. The molecule has 1 aromatic rings. The van der Waals surface area contributed by atoms with Gasteiger partial charge < -0.3 is 11.1 Å². The van der Waals surface area contributed by atoms with Gasteiger partial charge in [-0.15, -0.1) is 0 Å². The van der Waals surface area contributed by atoms with Crippen molar-refractivity contribution < 1.29 is 4.79 Å². The molecule has 2 saturated heterocycles. The van der Waals surface area contributed by atoms with Gasteiger partial charge >= 0.3 is 0 Å². The van der Waals surface area contributed by atoms with Gasteiger partial charge in [0.25, 0.3) is 0 Å². The highest BCUT2D eigenvalue weighted by atomic mass is 16.1. The monoisotopic (exact) mass is 230 g/mol. The Bertz CT molecular complexity index is 432. The number of benzene rings is 1. The summed E-state index contributed by atoms with van der Waals surface area (Å²) in [6.07, 6.45) is 4.99. The first kappa shape index (κ1) is 10.8. The smallest absolute Gasteiger partial charge is 0.248 e. The van der Waals surface area contributed by atoms with E-state index >= 15 is 0 Å². The van der Waals surface area contributed by atoms with Crippen molar-refractivity contribution in [1.82, 2.24) is 5.32 Å². The van der Waals surface area contributed by atoms with Crippen LogP contribution >= 0.6 is 0 Å². The Hall–Kier alpha value is -1.35. The molecule has 1 aromatic carbocycles. The molecule has 0 aliphatic carbocycles. The quantitative estimate of drug-likeness (QED) is 0.813. The molecule has 2 aliphatic rings. The number of rotatable bonds is 2. The molecule has 3 N–H and O–H groups in total. The molecule has 3 rings (SSSR count). The molecule has 2 unspecified atom stereocenters. The number of nitrogens with two attached hydrogens (primary N) is 1. The van der Waals surface area contributed by atoms with E-state index in [1.165, 1.54) is 31.2 Å². The average molecular weight is 230 g/mol. The molecule has 3 heteroatoms. The SMILES string of the molecule is NC(=O)c1cccc(C2CC3CCC(C2)N3)c1. The Morgan fingerprint density at radius 1 is 1.24 bits per heavy atom. The van der Waals surface area contributed by atoms with Crippen LogP contribution in [0, 0.1) is 0 Å². The highest BCUT2D eigenvalue weighted by molar-refractivity contribution is 5.92. The van der Waals surface area contributed by atoms with E-state index in [-0.39, 0.29) is 5.91 Å². The maximum absolute atomic E-state index is 11.2. The van der Waals surface area contributed by atoms with Gasteiger partial charge in [-0.25, -0.2) is 0 Å². The number of hydrogen-bond donors (Lipinski definition) is 2. The van der Waals surface area contributed by atoms with Crippen LogP contribution in [0.25, 0.3) is 0 Å². The zero-order chi connectivity index (χ0) is 11.8. The molecule has 2 bridgehead atoms. The van der Waals surface area contributed by atoms with Crippen LogP contribution in [0.3, 0.4) is 0 Å². The first-order valence-corrected chi connectivity index (χ1v) is 6.38. The molecule has 0 radical (unpaired) electrons. The van der Waals surface area contributed by atoms with Gasteiger partial charge in [0.2, 0.25) is 5.91 Å².